The number of hydrogen-bond acceptors (Lipinski definition) is 4. The van der Waals surface area contributed by atoms with Crippen LogP contribution in [0.2, 0.25) is 0 Å². The minimum Gasteiger partial charge on any atom is -0.497 e. The maximum Gasteiger partial charge on any atom is 0.123 e. The standard InChI is InChI=1S/C16H23N3O2/c1-12(17-9-7-13-8-10-18-19(13)2)15-11-14(20-3)5-6-16(15)21-4/h5-6,8,10-12,17H,7,9H2,1-4H3. The molecule has 0 aliphatic rings. The molecule has 0 radical (unpaired) electrons. The van der Waals surface area contributed by atoms with Gasteiger partial charge < -0.3 is 14.8 Å². The SMILES string of the molecule is COc1ccc(OC)c(C(C)NCCc2ccnn2C)c1. The number of benzene rings is 1. The van der Waals surface area contributed by atoms with Crippen molar-refractivity contribution in [3.8, 4) is 11.5 Å². The molecule has 21 heavy (non-hydrogen) atoms. The first-order valence-electron chi connectivity index (χ1n) is 7.08. The maximum absolute atomic E-state index is 5.43. The number of hydrogen-bond donors (Lipinski definition) is 1. The number of aromatic nitrogens is 2. The molecule has 5 nitrogen and oxygen atoms in total. The number of aryl methyl sites for hydroxylation is 1. The molecular weight excluding hydrogens is 266 g/mol. The highest BCUT2D eigenvalue weighted by molar-refractivity contribution is 5.42. The predicted molar refractivity (Wildman–Crippen MR) is 82.9 cm³/mol. The van der Waals surface area contributed by atoms with E-state index in [0.29, 0.717) is 0 Å². The zero-order valence-electron chi connectivity index (χ0n) is 13.1. The molecule has 1 heterocycles. The van der Waals surface area contributed by atoms with Crippen molar-refractivity contribution in [1.29, 1.82) is 0 Å². The van der Waals surface area contributed by atoms with Gasteiger partial charge in [-0.1, -0.05) is 0 Å². The Balaban J connectivity index is 1.99. The summed E-state index contributed by atoms with van der Waals surface area (Å²) >= 11 is 0. The van der Waals surface area contributed by atoms with Gasteiger partial charge in [-0.2, -0.15) is 5.10 Å². The Morgan fingerprint density at radius 2 is 2.05 bits per heavy atom. The van der Waals surface area contributed by atoms with Gasteiger partial charge >= 0.3 is 0 Å². The van der Waals surface area contributed by atoms with E-state index in [4.69, 9.17) is 9.47 Å². The lowest BCUT2D eigenvalue weighted by Crippen LogP contribution is -2.22. The van der Waals surface area contributed by atoms with Crippen molar-refractivity contribution < 1.29 is 9.47 Å². The van der Waals surface area contributed by atoms with Crippen molar-refractivity contribution in [1.82, 2.24) is 15.1 Å². The molecule has 1 N–H and O–H groups in total. The van der Waals surface area contributed by atoms with E-state index >= 15 is 0 Å². The second kappa shape index (κ2) is 7.13. The number of nitrogens with zero attached hydrogens (tertiary/aromatic N) is 2. The molecule has 1 aromatic carbocycles. The molecule has 0 spiro atoms. The Morgan fingerprint density at radius 1 is 1.24 bits per heavy atom. The Kier molecular flexibility index (Phi) is 5.22. The fourth-order valence-electron chi connectivity index (χ4n) is 2.35. The van der Waals surface area contributed by atoms with Gasteiger partial charge in [0.15, 0.2) is 0 Å². The van der Waals surface area contributed by atoms with Crippen LogP contribution < -0.4 is 14.8 Å². The quantitative estimate of drug-likeness (QED) is 0.850. The molecule has 0 saturated heterocycles. The lowest BCUT2D eigenvalue weighted by atomic mass is 10.1. The minimum absolute atomic E-state index is 0.184. The van der Waals surface area contributed by atoms with E-state index in [0.717, 1.165) is 30.0 Å². The Hall–Kier alpha value is -2.01. The Morgan fingerprint density at radius 3 is 2.67 bits per heavy atom. The Bertz CT molecular complexity index is 581. The van der Waals surface area contributed by atoms with Crippen molar-refractivity contribution in [2.75, 3.05) is 20.8 Å². The third-order valence-electron chi connectivity index (χ3n) is 3.66. The normalized spacial score (nSPS) is 12.2. The van der Waals surface area contributed by atoms with Crippen LogP contribution >= 0.6 is 0 Å². The summed E-state index contributed by atoms with van der Waals surface area (Å²) in [5.74, 6) is 1.71. The zero-order chi connectivity index (χ0) is 15.2. The first-order valence-corrected chi connectivity index (χ1v) is 7.08. The highest BCUT2D eigenvalue weighted by Crippen LogP contribution is 2.29. The van der Waals surface area contributed by atoms with E-state index in [1.54, 1.807) is 14.2 Å². The molecule has 0 aliphatic heterocycles. The first-order chi connectivity index (χ1) is 10.2. The Labute approximate surface area is 125 Å². The van der Waals surface area contributed by atoms with Crippen molar-refractivity contribution in [3.05, 3.63) is 41.7 Å². The predicted octanol–water partition coefficient (Wildman–Crippen LogP) is 2.33. The summed E-state index contributed by atoms with van der Waals surface area (Å²) in [5.41, 5.74) is 2.31. The number of methoxy groups -OCH3 is 2. The van der Waals surface area contributed by atoms with Crippen LogP contribution in [-0.4, -0.2) is 30.5 Å². The van der Waals surface area contributed by atoms with Gasteiger partial charge in [-0.05, 0) is 31.2 Å². The van der Waals surface area contributed by atoms with Gasteiger partial charge in [0.25, 0.3) is 0 Å². The molecule has 0 fully saturated rings. The van der Waals surface area contributed by atoms with Gasteiger partial charge in [0, 0.05) is 43.5 Å². The van der Waals surface area contributed by atoms with E-state index in [-0.39, 0.29) is 6.04 Å². The van der Waals surface area contributed by atoms with Crippen LogP contribution in [0.3, 0.4) is 0 Å². The van der Waals surface area contributed by atoms with Crippen LogP contribution in [0, 0.1) is 0 Å². The van der Waals surface area contributed by atoms with Gasteiger partial charge in [0.1, 0.15) is 11.5 Å². The topological polar surface area (TPSA) is 48.3 Å². The average molecular weight is 289 g/mol. The largest absolute Gasteiger partial charge is 0.497 e. The number of rotatable bonds is 7. The fraction of sp³-hybridized carbons (Fsp3) is 0.438. The van der Waals surface area contributed by atoms with Crippen LogP contribution in [0.15, 0.2) is 30.5 Å². The molecular formula is C16H23N3O2. The fourth-order valence-corrected chi connectivity index (χ4v) is 2.35. The van der Waals surface area contributed by atoms with Gasteiger partial charge in [0.2, 0.25) is 0 Å². The molecule has 0 bridgehead atoms. The first kappa shape index (κ1) is 15.4. The van der Waals surface area contributed by atoms with E-state index < -0.39 is 0 Å². The molecule has 2 aromatic rings. The van der Waals surface area contributed by atoms with Gasteiger partial charge in [-0.15, -0.1) is 0 Å². The van der Waals surface area contributed by atoms with Gasteiger partial charge in [-0.3, -0.25) is 4.68 Å². The molecule has 1 unspecified atom stereocenters. The number of ether oxygens (including phenoxy) is 2. The van der Waals surface area contributed by atoms with Crippen LogP contribution in [-0.2, 0) is 13.5 Å². The second-order valence-electron chi connectivity index (χ2n) is 4.98. The van der Waals surface area contributed by atoms with Crippen LogP contribution in [0.1, 0.15) is 24.2 Å². The van der Waals surface area contributed by atoms with Crippen molar-refractivity contribution in [2.24, 2.45) is 7.05 Å². The third kappa shape index (κ3) is 3.76. The average Bonchev–Trinajstić information content (AvgIpc) is 2.91. The lowest BCUT2D eigenvalue weighted by Gasteiger charge is -2.18. The maximum atomic E-state index is 5.43. The minimum atomic E-state index is 0.184. The summed E-state index contributed by atoms with van der Waals surface area (Å²) in [6, 6.07) is 8.08. The van der Waals surface area contributed by atoms with E-state index in [9.17, 15) is 0 Å². The van der Waals surface area contributed by atoms with Crippen LogP contribution in [0.4, 0.5) is 0 Å². The summed E-state index contributed by atoms with van der Waals surface area (Å²) in [6.07, 6.45) is 2.76. The molecule has 0 amide bonds. The molecule has 1 aromatic heterocycles. The molecule has 114 valence electrons. The zero-order valence-corrected chi connectivity index (χ0v) is 13.1. The molecule has 0 aliphatic carbocycles. The molecule has 2 rings (SSSR count). The van der Waals surface area contributed by atoms with Gasteiger partial charge in [-0.25, -0.2) is 0 Å². The highest BCUT2D eigenvalue weighted by atomic mass is 16.5. The number of nitrogens with one attached hydrogen (secondary N) is 1. The molecule has 1 atom stereocenters. The van der Waals surface area contributed by atoms with Crippen LogP contribution in [0.5, 0.6) is 11.5 Å². The molecule has 5 heteroatoms. The van der Waals surface area contributed by atoms with E-state index in [2.05, 4.69) is 17.3 Å². The molecule has 0 saturated carbocycles. The van der Waals surface area contributed by atoms with Crippen LogP contribution in [0.25, 0.3) is 0 Å². The van der Waals surface area contributed by atoms with E-state index in [1.807, 2.05) is 42.2 Å². The summed E-state index contributed by atoms with van der Waals surface area (Å²) < 4.78 is 12.6. The van der Waals surface area contributed by atoms with Crippen molar-refractivity contribution in [2.45, 2.75) is 19.4 Å². The summed E-state index contributed by atoms with van der Waals surface area (Å²) in [5, 5.41) is 7.69. The van der Waals surface area contributed by atoms with E-state index in [1.165, 1.54) is 5.69 Å². The van der Waals surface area contributed by atoms with Gasteiger partial charge in [0.05, 0.1) is 14.2 Å². The summed E-state index contributed by atoms with van der Waals surface area (Å²) in [6.45, 7) is 3.00. The third-order valence-corrected chi connectivity index (χ3v) is 3.66. The second-order valence-corrected chi connectivity index (χ2v) is 4.98. The lowest BCUT2D eigenvalue weighted by molar-refractivity contribution is 0.392. The van der Waals surface area contributed by atoms with Crippen molar-refractivity contribution >= 4 is 0 Å². The monoisotopic (exact) mass is 289 g/mol. The highest BCUT2D eigenvalue weighted by Gasteiger charge is 2.12. The van der Waals surface area contributed by atoms with Crippen molar-refractivity contribution in [3.63, 3.8) is 0 Å². The smallest absolute Gasteiger partial charge is 0.123 e. The summed E-state index contributed by atoms with van der Waals surface area (Å²) in [7, 11) is 5.32. The summed E-state index contributed by atoms with van der Waals surface area (Å²) in [4.78, 5) is 0.